The number of esters is 1. The standard InChI is InChI=1S/C47H50N6O8/c1-47(2,3)61-46(59)53-27-40-34(33-15-9-11-17-36(33)49-40)25-41(53)44(57)51-38(23-29-18-20-31(54)21-19-29)42(55)50-37(22-28-12-6-5-7-13-28)43(56)52-39(45(58)60-4)24-30-26-48-35-16-10-8-14-32(30)35/h5-21,26,37-39,41,48-49,54H,22-25,27H2,1-4H3,(H,50,55)(H,51,57)(H,52,56)/t37-,38-,39-,41-/m0/s1. The van der Waals surface area contributed by atoms with Gasteiger partial charge in [0.15, 0.2) is 0 Å². The fourth-order valence-electron chi connectivity index (χ4n) is 7.76. The molecule has 7 rings (SSSR count). The third-order valence-electron chi connectivity index (χ3n) is 10.8. The van der Waals surface area contributed by atoms with Gasteiger partial charge in [-0.1, -0.05) is 78.9 Å². The number of carbonyl (C=O) groups is 5. The first kappa shape index (κ1) is 42.0. The molecular weight excluding hydrogens is 777 g/mol. The Hall–Kier alpha value is -7.09. The zero-order valence-electron chi connectivity index (χ0n) is 34.5. The largest absolute Gasteiger partial charge is 0.508 e. The summed E-state index contributed by atoms with van der Waals surface area (Å²) in [5, 5.41) is 20.4. The summed E-state index contributed by atoms with van der Waals surface area (Å²) in [4.78, 5) is 78.3. The number of rotatable bonds is 13. The zero-order chi connectivity index (χ0) is 43.3. The summed E-state index contributed by atoms with van der Waals surface area (Å²) in [5.74, 6) is -2.57. The van der Waals surface area contributed by atoms with Gasteiger partial charge in [-0.3, -0.25) is 19.3 Å². The lowest BCUT2D eigenvalue weighted by molar-refractivity contribution is -0.145. The zero-order valence-corrected chi connectivity index (χ0v) is 34.5. The SMILES string of the molecule is COC(=O)[C@H](Cc1c[nH]c2ccccc12)NC(=O)[C@H](Cc1ccccc1)NC(=O)[C@H](Cc1ccc(O)cc1)NC(=O)[C@@H]1Cc2c([nH]c3ccccc23)CN1C(=O)OC(C)(C)C. The van der Waals surface area contributed by atoms with Crippen LogP contribution in [0.25, 0.3) is 21.8 Å². The third-order valence-corrected chi connectivity index (χ3v) is 10.8. The lowest BCUT2D eigenvalue weighted by Gasteiger charge is -2.36. The molecule has 14 heteroatoms. The van der Waals surface area contributed by atoms with Crippen LogP contribution in [0.4, 0.5) is 4.79 Å². The molecular formula is C47H50N6O8. The summed E-state index contributed by atoms with van der Waals surface area (Å²) in [7, 11) is 1.24. The van der Waals surface area contributed by atoms with E-state index in [1.54, 1.807) is 39.1 Å². The number of phenols is 1. The minimum atomic E-state index is -1.25. The molecule has 61 heavy (non-hydrogen) atoms. The second-order valence-electron chi connectivity index (χ2n) is 16.3. The van der Waals surface area contributed by atoms with Crippen LogP contribution in [0.3, 0.4) is 0 Å². The summed E-state index contributed by atoms with van der Waals surface area (Å²) in [6.45, 7) is 5.29. The van der Waals surface area contributed by atoms with Crippen LogP contribution in [-0.4, -0.2) is 86.6 Å². The van der Waals surface area contributed by atoms with Crippen molar-refractivity contribution in [3.05, 3.63) is 137 Å². The second kappa shape index (κ2) is 18.0. The number of benzene rings is 4. The molecule has 0 radical (unpaired) electrons. The third kappa shape index (κ3) is 10.0. The van der Waals surface area contributed by atoms with Crippen molar-refractivity contribution in [2.45, 2.75) is 82.8 Å². The van der Waals surface area contributed by atoms with E-state index < -0.39 is 59.6 Å². The Bertz CT molecular complexity index is 2540. The van der Waals surface area contributed by atoms with E-state index in [1.165, 1.54) is 24.1 Å². The van der Waals surface area contributed by atoms with Gasteiger partial charge in [-0.25, -0.2) is 9.59 Å². The first-order valence-electron chi connectivity index (χ1n) is 20.2. The number of aromatic hydroxyl groups is 1. The Morgan fingerprint density at radius 1 is 0.738 bits per heavy atom. The molecule has 4 amide bonds. The van der Waals surface area contributed by atoms with Gasteiger partial charge in [0.2, 0.25) is 17.7 Å². The van der Waals surface area contributed by atoms with Gasteiger partial charge in [0.25, 0.3) is 0 Å². The summed E-state index contributed by atoms with van der Waals surface area (Å²) < 4.78 is 10.9. The molecule has 0 unspecified atom stereocenters. The van der Waals surface area contributed by atoms with Crippen LogP contribution < -0.4 is 16.0 Å². The Morgan fingerprint density at radius 3 is 2.00 bits per heavy atom. The molecule has 6 aromatic rings. The van der Waals surface area contributed by atoms with Crippen molar-refractivity contribution in [2.75, 3.05) is 7.11 Å². The highest BCUT2D eigenvalue weighted by atomic mass is 16.6. The molecule has 0 spiro atoms. The van der Waals surface area contributed by atoms with Gasteiger partial charge in [0.05, 0.1) is 13.7 Å². The van der Waals surface area contributed by atoms with Crippen LogP contribution in [0, 0.1) is 0 Å². The predicted molar refractivity (Wildman–Crippen MR) is 229 cm³/mol. The number of hydrogen-bond acceptors (Lipinski definition) is 8. The molecule has 2 aromatic heterocycles. The van der Waals surface area contributed by atoms with E-state index in [9.17, 15) is 29.1 Å². The van der Waals surface area contributed by atoms with Crippen LogP contribution in [-0.2, 0) is 60.9 Å². The number of phenolic OH excluding ortho intramolecular Hbond substituents is 1. The molecule has 316 valence electrons. The molecule has 0 fully saturated rings. The number of H-pyrrole nitrogens is 2. The molecule has 3 heterocycles. The van der Waals surface area contributed by atoms with Crippen LogP contribution >= 0.6 is 0 Å². The average Bonchev–Trinajstić information content (AvgIpc) is 3.83. The number of nitrogens with zero attached hydrogens (tertiary/aromatic N) is 1. The topological polar surface area (TPSA) is 195 Å². The number of nitrogens with one attached hydrogen (secondary N) is 5. The summed E-state index contributed by atoms with van der Waals surface area (Å²) in [5.41, 5.74) is 4.66. The van der Waals surface area contributed by atoms with Crippen LogP contribution in [0.5, 0.6) is 5.75 Å². The summed E-state index contributed by atoms with van der Waals surface area (Å²) in [6, 6.07) is 26.0. The fourth-order valence-corrected chi connectivity index (χ4v) is 7.76. The maximum Gasteiger partial charge on any atom is 0.411 e. The first-order chi connectivity index (χ1) is 29.3. The Labute approximate surface area is 353 Å². The van der Waals surface area contributed by atoms with Gasteiger partial charge in [0.1, 0.15) is 35.5 Å². The molecule has 1 aliphatic rings. The predicted octanol–water partition coefficient (Wildman–Crippen LogP) is 5.37. The number of hydrogen-bond donors (Lipinski definition) is 6. The molecule has 4 atom stereocenters. The fraction of sp³-hybridized carbons (Fsp3) is 0.298. The van der Waals surface area contributed by atoms with E-state index >= 15 is 0 Å². The van der Waals surface area contributed by atoms with Gasteiger partial charge in [-0.05, 0) is 67.3 Å². The Kier molecular flexibility index (Phi) is 12.4. The number of ether oxygens (including phenoxy) is 2. The lowest BCUT2D eigenvalue weighted by Crippen LogP contribution is -2.60. The molecule has 0 bridgehead atoms. The van der Waals surface area contributed by atoms with Gasteiger partial charge in [-0.15, -0.1) is 0 Å². The maximum atomic E-state index is 14.6. The van der Waals surface area contributed by atoms with Crippen molar-refractivity contribution in [3.63, 3.8) is 0 Å². The average molecular weight is 827 g/mol. The smallest absolute Gasteiger partial charge is 0.411 e. The van der Waals surface area contributed by atoms with Crippen molar-refractivity contribution in [1.82, 2.24) is 30.8 Å². The Morgan fingerprint density at radius 2 is 1.33 bits per heavy atom. The molecule has 0 saturated heterocycles. The van der Waals surface area contributed by atoms with Crippen LogP contribution in [0.2, 0.25) is 0 Å². The highest BCUT2D eigenvalue weighted by Crippen LogP contribution is 2.31. The number of aromatic amines is 2. The highest BCUT2D eigenvalue weighted by molar-refractivity contribution is 5.96. The molecule has 4 aromatic carbocycles. The van der Waals surface area contributed by atoms with E-state index in [2.05, 4.69) is 25.9 Å². The number of carbonyl (C=O) groups excluding carboxylic acids is 5. The van der Waals surface area contributed by atoms with E-state index in [0.29, 0.717) is 5.56 Å². The van der Waals surface area contributed by atoms with Crippen molar-refractivity contribution in [2.24, 2.45) is 0 Å². The molecule has 1 aliphatic heterocycles. The van der Waals surface area contributed by atoms with Crippen molar-refractivity contribution in [1.29, 1.82) is 0 Å². The van der Waals surface area contributed by atoms with E-state index in [4.69, 9.17) is 9.47 Å². The number of para-hydroxylation sites is 2. The first-order valence-corrected chi connectivity index (χ1v) is 20.2. The summed E-state index contributed by atoms with van der Waals surface area (Å²) in [6.07, 6.45) is 1.37. The van der Waals surface area contributed by atoms with Crippen molar-refractivity contribution < 1.29 is 38.6 Å². The summed E-state index contributed by atoms with van der Waals surface area (Å²) >= 11 is 0. The van der Waals surface area contributed by atoms with Crippen LogP contribution in [0.1, 0.15) is 48.7 Å². The molecule has 6 N–H and O–H groups in total. The monoisotopic (exact) mass is 826 g/mol. The van der Waals surface area contributed by atoms with Gasteiger partial charge < -0.3 is 40.5 Å². The molecule has 14 nitrogen and oxygen atoms in total. The van der Waals surface area contributed by atoms with E-state index in [1.807, 2.05) is 78.9 Å². The van der Waals surface area contributed by atoms with E-state index in [-0.39, 0.29) is 38.0 Å². The normalized spacial score (nSPS) is 15.3. The number of fused-ring (bicyclic) bond motifs is 4. The molecule has 0 aliphatic carbocycles. The molecule has 0 saturated carbocycles. The number of amides is 4. The maximum absolute atomic E-state index is 14.6. The lowest BCUT2D eigenvalue weighted by atomic mass is 9.95. The van der Waals surface area contributed by atoms with Crippen LogP contribution in [0.15, 0.2) is 109 Å². The Balaban J connectivity index is 1.18. The van der Waals surface area contributed by atoms with Gasteiger partial charge in [-0.2, -0.15) is 0 Å². The van der Waals surface area contributed by atoms with Gasteiger partial charge in [0, 0.05) is 59.4 Å². The van der Waals surface area contributed by atoms with Crippen molar-refractivity contribution in [3.8, 4) is 5.75 Å². The highest BCUT2D eigenvalue weighted by Gasteiger charge is 2.40. The quantitative estimate of drug-likeness (QED) is 0.0837. The number of aromatic nitrogens is 2. The minimum Gasteiger partial charge on any atom is -0.508 e. The second-order valence-corrected chi connectivity index (χ2v) is 16.3. The van der Waals surface area contributed by atoms with Gasteiger partial charge >= 0.3 is 12.1 Å². The minimum absolute atomic E-state index is 0.0194. The number of methoxy groups -OCH3 is 1. The van der Waals surface area contributed by atoms with E-state index in [0.717, 1.165) is 44.2 Å². The van der Waals surface area contributed by atoms with Crippen molar-refractivity contribution >= 4 is 51.6 Å².